The molecule has 0 aliphatic rings. The van der Waals surface area contributed by atoms with Crippen LogP contribution in [0.2, 0.25) is 5.02 Å². The molecule has 1 aromatic heterocycles. The summed E-state index contributed by atoms with van der Waals surface area (Å²) in [6.45, 7) is 1.83. The highest BCUT2D eigenvalue weighted by Crippen LogP contribution is 2.25. The van der Waals surface area contributed by atoms with E-state index in [1.54, 1.807) is 21.6 Å². The number of aromatic nitrogens is 3. The van der Waals surface area contributed by atoms with E-state index >= 15 is 0 Å². The number of Topliss-reactive ketones (excluding diaryl/α,β-unsaturated/α-hetero) is 1. The monoisotopic (exact) mass is 460 g/mol. The molecular weight excluding hydrogens is 440 g/mol. The number of rotatable bonds is 7. The van der Waals surface area contributed by atoms with E-state index < -0.39 is 0 Å². The molecule has 4 aromatic rings. The lowest BCUT2D eigenvalue weighted by molar-refractivity contribution is 0.0967. The van der Waals surface area contributed by atoms with Crippen LogP contribution in [0, 0.1) is 11.7 Å². The second-order valence-corrected chi connectivity index (χ2v) is 8.04. The van der Waals surface area contributed by atoms with E-state index in [2.05, 4.69) is 10.2 Å². The lowest BCUT2D eigenvalue weighted by Gasteiger charge is -2.17. The average Bonchev–Trinajstić information content (AvgIpc) is 3.11. The number of aryl methyl sites for hydroxylation is 1. The Hall–Kier alpha value is -3.35. The zero-order chi connectivity index (χ0) is 22.5. The fourth-order valence-corrected chi connectivity index (χ4v) is 3.98. The van der Waals surface area contributed by atoms with Crippen LogP contribution in [0.1, 0.15) is 39.8 Å². The molecule has 1 atom stereocenters. The molecule has 0 fully saturated rings. The highest BCUT2D eigenvalue weighted by Gasteiger charge is 2.22. The first kappa shape index (κ1) is 21.9. The largest absolute Gasteiger partial charge is 0.294 e. The van der Waals surface area contributed by atoms with Crippen molar-refractivity contribution in [3.05, 3.63) is 117 Å². The van der Waals surface area contributed by atoms with E-state index in [4.69, 9.17) is 23.8 Å². The molecule has 160 valence electrons. The zero-order valence-electron chi connectivity index (χ0n) is 17.4. The quantitative estimate of drug-likeness (QED) is 0.189. The molecule has 3 aromatic carbocycles. The minimum atomic E-state index is -0.355. The summed E-state index contributed by atoms with van der Waals surface area (Å²) in [6, 6.07) is 26.1. The van der Waals surface area contributed by atoms with Gasteiger partial charge in [0.2, 0.25) is 4.77 Å². The molecule has 0 saturated carbocycles. The molecule has 32 heavy (non-hydrogen) atoms. The predicted molar refractivity (Wildman–Crippen MR) is 130 cm³/mol. The first-order valence-corrected chi connectivity index (χ1v) is 10.9. The van der Waals surface area contributed by atoms with Gasteiger partial charge in [0.1, 0.15) is 0 Å². The van der Waals surface area contributed by atoms with Gasteiger partial charge in [-0.25, -0.2) is 4.68 Å². The highest BCUT2D eigenvalue weighted by atomic mass is 35.5. The minimum absolute atomic E-state index is 0.0214. The maximum Gasteiger partial charge on any atom is 0.219 e. The van der Waals surface area contributed by atoms with E-state index in [9.17, 15) is 4.79 Å². The van der Waals surface area contributed by atoms with Gasteiger partial charge in [-0.15, -0.1) is 0 Å². The fourth-order valence-electron chi connectivity index (χ4n) is 3.45. The molecule has 0 saturated heterocycles. The van der Waals surface area contributed by atoms with Crippen molar-refractivity contribution in [1.82, 2.24) is 14.5 Å². The van der Waals surface area contributed by atoms with Crippen LogP contribution in [0.4, 0.5) is 0 Å². The number of nitrogens with zero attached hydrogens (tertiary/aromatic N) is 4. The van der Waals surface area contributed by atoms with Crippen molar-refractivity contribution in [2.45, 2.75) is 19.4 Å². The molecule has 0 bridgehead atoms. The molecule has 0 aliphatic carbocycles. The maximum atomic E-state index is 13.0. The summed E-state index contributed by atoms with van der Waals surface area (Å²) in [5, 5.41) is 9.75. The zero-order valence-corrected chi connectivity index (χ0v) is 19.0. The van der Waals surface area contributed by atoms with Crippen LogP contribution >= 0.6 is 23.8 Å². The van der Waals surface area contributed by atoms with Crippen LogP contribution in [-0.2, 0) is 0 Å². The van der Waals surface area contributed by atoms with Gasteiger partial charge in [-0.3, -0.25) is 4.79 Å². The van der Waals surface area contributed by atoms with Crippen molar-refractivity contribution >= 4 is 35.8 Å². The van der Waals surface area contributed by atoms with Gasteiger partial charge >= 0.3 is 0 Å². The van der Waals surface area contributed by atoms with E-state index in [-0.39, 0.29) is 18.2 Å². The Morgan fingerprint density at radius 2 is 1.66 bits per heavy atom. The van der Waals surface area contributed by atoms with Crippen LogP contribution in [0.25, 0.3) is 0 Å². The summed E-state index contributed by atoms with van der Waals surface area (Å²) in [5.41, 5.74) is 2.39. The lowest BCUT2D eigenvalue weighted by Crippen LogP contribution is -2.17. The van der Waals surface area contributed by atoms with Gasteiger partial charge in [0.05, 0.1) is 12.3 Å². The van der Waals surface area contributed by atoms with Gasteiger partial charge in [0, 0.05) is 22.6 Å². The second kappa shape index (κ2) is 9.85. The highest BCUT2D eigenvalue weighted by molar-refractivity contribution is 7.71. The Balaban J connectivity index is 1.72. The molecule has 0 unspecified atom stereocenters. The Bertz CT molecular complexity index is 1310. The van der Waals surface area contributed by atoms with E-state index in [0.717, 1.165) is 11.1 Å². The Morgan fingerprint density at radius 1 is 1.03 bits per heavy atom. The van der Waals surface area contributed by atoms with E-state index in [0.29, 0.717) is 21.2 Å². The van der Waals surface area contributed by atoms with Crippen LogP contribution in [0.3, 0.4) is 0 Å². The van der Waals surface area contributed by atoms with Crippen molar-refractivity contribution in [2.75, 3.05) is 0 Å². The maximum absolute atomic E-state index is 13.0. The first-order valence-electron chi connectivity index (χ1n) is 10.1. The number of halogens is 1. The summed E-state index contributed by atoms with van der Waals surface area (Å²) < 4.78 is 3.69. The molecule has 1 heterocycles. The smallest absolute Gasteiger partial charge is 0.219 e. The first-order chi connectivity index (χ1) is 15.5. The Kier molecular flexibility index (Phi) is 6.73. The van der Waals surface area contributed by atoms with Crippen molar-refractivity contribution < 1.29 is 4.79 Å². The Labute approximate surface area is 196 Å². The Morgan fingerprint density at radius 3 is 2.34 bits per heavy atom. The van der Waals surface area contributed by atoms with Crippen LogP contribution in [0.15, 0.2) is 90.0 Å². The van der Waals surface area contributed by atoms with Gasteiger partial charge in [0.15, 0.2) is 11.6 Å². The molecular formula is C25H21ClN4OS. The SMILES string of the molecule is Cc1nn([C@H](CC(=O)c2ccccc2)c2ccccc2)c(=S)n1/N=C/c1ccccc1Cl. The van der Waals surface area contributed by atoms with Gasteiger partial charge in [-0.1, -0.05) is 90.5 Å². The summed E-state index contributed by atoms with van der Waals surface area (Å²) >= 11 is 11.9. The normalized spacial score (nSPS) is 12.2. The molecule has 0 N–H and O–H groups in total. The number of carbonyl (C=O) groups is 1. The van der Waals surface area contributed by atoms with Crippen molar-refractivity contribution in [2.24, 2.45) is 5.10 Å². The third kappa shape index (κ3) is 4.77. The second-order valence-electron chi connectivity index (χ2n) is 7.27. The van der Waals surface area contributed by atoms with Crippen LogP contribution < -0.4 is 0 Å². The van der Waals surface area contributed by atoms with E-state index in [1.165, 1.54) is 0 Å². The van der Waals surface area contributed by atoms with Gasteiger partial charge in [0.25, 0.3) is 0 Å². The number of hydrogen-bond acceptors (Lipinski definition) is 4. The summed E-state index contributed by atoms with van der Waals surface area (Å²) in [6.07, 6.45) is 1.89. The third-order valence-electron chi connectivity index (χ3n) is 5.11. The van der Waals surface area contributed by atoms with Crippen LogP contribution in [-0.4, -0.2) is 26.5 Å². The molecule has 4 rings (SSSR count). The van der Waals surface area contributed by atoms with Gasteiger partial charge in [-0.05, 0) is 30.8 Å². The molecule has 0 amide bonds. The van der Waals surface area contributed by atoms with Gasteiger partial charge < -0.3 is 0 Å². The summed E-state index contributed by atoms with van der Waals surface area (Å²) in [7, 11) is 0. The van der Waals surface area contributed by atoms with Gasteiger partial charge in [-0.2, -0.15) is 14.9 Å². The standard InChI is InChI=1S/C25H21ClN4OS/c1-18-28-30(25(32)29(18)27-17-21-14-8-9-15-22(21)26)23(19-10-4-2-5-11-19)16-24(31)20-12-6-3-7-13-20/h2-15,17,23H,16H2,1H3/b27-17+/t23-/m1/s1. The molecule has 0 radical (unpaired) electrons. The molecule has 7 heteroatoms. The van der Waals surface area contributed by atoms with Crippen molar-refractivity contribution in [3.63, 3.8) is 0 Å². The summed E-state index contributed by atoms with van der Waals surface area (Å²) in [5.74, 6) is 0.638. The minimum Gasteiger partial charge on any atom is -0.294 e. The average molecular weight is 461 g/mol. The fraction of sp³-hybridized carbons (Fsp3) is 0.120. The topological polar surface area (TPSA) is 52.2 Å². The number of carbonyl (C=O) groups excluding carboxylic acids is 1. The lowest BCUT2D eigenvalue weighted by atomic mass is 9.98. The molecule has 0 aliphatic heterocycles. The molecule has 5 nitrogen and oxygen atoms in total. The number of ketones is 1. The van der Waals surface area contributed by atoms with Crippen molar-refractivity contribution in [3.8, 4) is 0 Å². The van der Waals surface area contributed by atoms with Crippen LogP contribution in [0.5, 0.6) is 0 Å². The number of benzene rings is 3. The van der Waals surface area contributed by atoms with Crippen molar-refractivity contribution in [1.29, 1.82) is 0 Å². The van der Waals surface area contributed by atoms with E-state index in [1.807, 2.05) is 85.8 Å². The number of hydrogen-bond donors (Lipinski definition) is 0. The third-order valence-corrected chi connectivity index (χ3v) is 5.81. The summed E-state index contributed by atoms with van der Waals surface area (Å²) in [4.78, 5) is 13.0. The molecule has 0 spiro atoms. The predicted octanol–water partition coefficient (Wildman–Crippen LogP) is 6.12.